The van der Waals surface area contributed by atoms with E-state index < -0.39 is 0 Å². The van der Waals surface area contributed by atoms with Crippen molar-refractivity contribution in [2.24, 2.45) is 0 Å². The third kappa shape index (κ3) is 3.24. The molecule has 0 atom stereocenters. The monoisotopic (exact) mass is 174 g/mol. The fourth-order valence-electron chi connectivity index (χ4n) is 1.19. The first kappa shape index (κ1) is 9.72. The van der Waals surface area contributed by atoms with Crippen LogP contribution in [-0.2, 0) is 4.79 Å². The molecular weight excluding hydrogens is 160 g/mol. The van der Waals surface area contributed by atoms with Crippen LogP contribution in [-0.4, -0.2) is 6.29 Å². The van der Waals surface area contributed by atoms with Crippen molar-refractivity contribution in [1.82, 2.24) is 0 Å². The highest BCUT2D eigenvalue weighted by molar-refractivity contribution is 5.63. The maximum absolute atomic E-state index is 10.1. The maximum Gasteiger partial charge on any atom is 0.120 e. The minimum Gasteiger partial charge on any atom is -0.303 e. The van der Waals surface area contributed by atoms with Crippen molar-refractivity contribution in [1.29, 1.82) is 0 Å². The van der Waals surface area contributed by atoms with Gasteiger partial charge in [-0.25, -0.2) is 0 Å². The van der Waals surface area contributed by atoms with Gasteiger partial charge in [-0.1, -0.05) is 36.4 Å². The van der Waals surface area contributed by atoms with Crippen LogP contribution in [0.25, 0.3) is 5.57 Å². The molecule has 0 fully saturated rings. The van der Waals surface area contributed by atoms with Gasteiger partial charge in [0.25, 0.3) is 0 Å². The zero-order chi connectivity index (χ0) is 9.52. The topological polar surface area (TPSA) is 17.1 Å². The Morgan fingerprint density at radius 2 is 1.92 bits per heavy atom. The van der Waals surface area contributed by atoms with Crippen molar-refractivity contribution in [3.63, 3.8) is 0 Å². The molecule has 0 radical (unpaired) electrons. The van der Waals surface area contributed by atoms with Crippen LogP contribution in [0.1, 0.15) is 25.3 Å². The number of carbonyl (C=O) groups is 1. The lowest BCUT2D eigenvalue weighted by Gasteiger charge is -1.99. The molecular formula is C12H14O. The third-order valence-corrected chi connectivity index (χ3v) is 1.96. The molecule has 1 nitrogen and oxygen atoms in total. The molecule has 0 aliphatic heterocycles. The molecule has 1 rings (SSSR count). The van der Waals surface area contributed by atoms with E-state index >= 15 is 0 Å². The molecule has 0 aliphatic carbocycles. The van der Waals surface area contributed by atoms with Gasteiger partial charge < -0.3 is 4.79 Å². The largest absolute Gasteiger partial charge is 0.303 e. The highest BCUT2D eigenvalue weighted by Crippen LogP contribution is 2.13. The van der Waals surface area contributed by atoms with Crippen LogP contribution in [0.5, 0.6) is 0 Å². The van der Waals surface area contributed by atoms with Crippen LogP contribution < -0.4 is 0 Å². The fraction of sp³-hybridized carbons (Fsp3) is 0.250. The van der Waals surface area contributed by atoms with Crippen molar-refractivity contribution in [3.05, 3.63) is 42.0 Å². The number of allylic oxidation sites excluding steroid dienone is 2. The molecule has 1 heteroatoms. The lowest BCUT2D eigenvalue weighted by atomic mass is 10.1. The second-order valence-electron chi connectivity index (χ2n) is 3.00. The Labute approximate surface area is 79.1 Å². The van der Waals surface area contributed by atoms with Gasteiger partial charge in [0.05, 0.1) is 0 Å². The molecule has 0 saturated carbocycles. The van der Waals surface area contributed by atoms with Gasteiger partial charge in [0.1, 0.15) is 6.29 Å². The minimum absolute atomic E-state index is 0.615. The van der Waals surface area contributed by atoms with Gasteiger partial charge in [0.2, 0.25) is 0 Å². The van der Waals surface area contributed by atoms with E-state index in [1.807, 2.05) is 18.2 Å². The van der Waals surface area contributed by atoms with Crippen molar-refractivity contribution < 1.29 is 4.79 Å². The lowest BCUT2D eigenvalue weighted by molar-refractivity contribution is -0.107. The number of hydrogen-bond acceptors (Lipinski definition) is 1. The summed E-state index contributed by atoms with van der Waals surface area (Å²) in [5.41, 5.74) is 2.47. The summed E-state index contributed by atoms with van der Waals surface area (Å²) < 4.78 is 0. The molecule has 0 aliphatic rings. The van der Waals surface area contributed by atoms with E-state index in [0.717, 1.165) is 12.7 Å². The molecule has 0 heterocycles. The summed E-state index contributed by atoms with van der Waals surface area (Å²) in [6.07, 6.45) is 4.51. The van der Waals surface area contributed by atoms with Crippen molar-refractivity contribution >= 4 is 11.9 Å². The lowest BCUT2D eigenvalue weighted by Crippen LogP contribution is -1.79. The summed E-state index contributed by atoms with van der Waals surface area (Å²) in [6.45, 7) is 2.07. The van der Waals surface area contributed by atoms with E-state index in [1.165, 1.54) is 11.1 Å². The van der Waals surface area contributed by atoms with Gasteiger partial charge in [-0.05, 0) is 24.5 Å². The molecule has 68 valence electrons. The van der Waals surface area contributed by atoms with Crippen LogP contribution in [0.2, 0.25) is 0 Å². The van der Waals surface area contributed by atoms with E-state index in [-0.39, 0.29) is 0 Å². The van der Waals surface area contributed by atoms with Crippen LogP contribution in [0.15, 0.2) is 36.4 Å². The van der Waals surface area contributed by atoms with E-state index in [2.05, 4.69) is 25.1 Å². The summed E-state index contributed by atoms with van der Waals surface area (Å²) in [5.74, 6) is 0. The second kappa shape index (κ2) is 5.31. The average Bonchev–Trinajstić information content (AvgIpc) is 2.19. The number of unbranched alkanes of at least 4 members (excludes halogenated alkanes) is 1. The normalized spacial score (nSPS) is 11.3. The van der Waals surface area contributed by atoms with E-state index in [1.54, 1.807) is 0 Å². The van der Waals surface area contributed by atoms with Crippen molar-refractivity contribution in [2.45, 2.75) is 19.8 Å². The second-order valence-corrected chi connectivity index (χ2v) is 3.00. The molecule has 1 aromatic carbocycles. The first-order chi connectivity index (χ1) is 6.34. The van der Waals surface area contributed by atoms with Crippen LogP contribution in [0.4, 0.5) is 0 Å². The van der Waals surface area contributed by atoms with Crippen LogP contribution >= 0.6 is 0 Å². The van der Waals surface area contributed by atoms with E-state index in [4.69, 9.17) is 0 Å². The number of rotatable bonds is 4. The van der Waals surface area contributed by atoms with Gasteiger partial charge >= 0.3 is 0 Å². The van der Waals surface area contributed by atoms with E-state index in [9.17, 15) is 4.79 Å². The van der Waals surface area contributed by atoms with Crippen LogP contribution in [0.3, 0.4) is 0 Å². The predicted molar refractivity (Wildman–Crippen MR) is 55.4 cm³/mol. The van der Waals surface area contributed by atoms with Crippen molar-refractivity contribution in [2.75, 3.05) is 0 Å². The number of carbonyl (C=O) groups excluding carboxylic acids is 1. The standard InChI is InChI=1S/C12H14O/c1-11(7-5-6-10-13)12-8-3-2-4-9-12/h2-4,7-10H,5-6H2,1H3/b11-7+. The molecule has 0 aromatic heterocycles. The smallest absolute Gasteiger partial charge is 0.120 e. The third-order valence-electron chi connectivity index (χ3n) is 1.96. The molecule has 0 amide bonds. The summed E-state index contributed by atoms with van der Waals surface area (Å²) in [6, 6.07) is 10.2. The molecule has 13 heavy (non-hydrogen) atoms. The fourth-order valence-corrected chi connectivity index (χ4v) is 1.19. The predicted octanol–water partition coefficient (Wildman–Crippen LogP) is 3.07. The molecule has 0 saturated heterocycles. The van der Waals surface area contributed by atoms with Gasteiger partial charge in [0.15, 0.2) is 0 Å². The molecule has 0 spiro atoms. The van der Waals surface area contributed by atoms with Gasteiger partial charge in [0, 0.05) is 6.42 Å². The molecule has 0 N–H and O–H groups in total. The summed E-state index contributed by atoms with van der Waals surface area (Å²) >= 11 is 0. The van der Waals surface area contributed by atoms with Gasteiger partial charge in [-0.3, -0.25) is 0 Å². The van der Waals surface area contributed by atoms with Crippen LogP contribution in [0, 0.1) is 0 Å². The quantitative estimate of drug-likeness (QED) is 0.506. The molecule has 0 unspecified atom stereocenters. The Morgan fingerprint density at radius 1 is 1.23 bits per heavy atom. The zero-order valence-corrected chi connectivity index (χ0v) is 7.86. The minimum atomic E-state index is 0.615. The number of benzene rings is 1. The highest BCUT2D eigenvalue weighted by Gasteiger charge is 1.91. The summed E-state index contributed by atoms with van der Waals surface area (Å²) in [7, 11) is 0. The average molecular weight is 174 g/mol. The Morgan fingerprint density at radius 3 is 2.54 bits per heavy atom. The first-order valence-corrected chi connectivity index (χ1v) is 4.50. The number of aldehydes is 1. The van der Waals surface area contributed by atoms with E-state index in [0.29, 0.717) is 6.42 Å². The summed E-state index contributed by atoms with van der Waals surface area (Å²) in [5, 5.41) is 0. The van der Waals surface area contributed by atoms with Gasteiger partial charge in [-0.15, -0.1) is 0 Å². The van der Waals surface area contributed by atoms with Gasteiger partial charge in [-0.2, -0.15) is 0 Å². The zero-order valence-electron chi connectivity index (χ0n) is 7.86. The Bertz CT molecular complexity index is 285. The highest BCUT2D eigenvalue weighted by atomic mass is 16.1. The Kier molecular flexibility index (Phi) is 3.97. The first-order valence-electron chi connectivity index (χ1n) is 4.50. The Hall–Kier alpha value is -1.37. The molecule has 0 bridgehead atoms. The molecule has 1 aromatic rings. The SMILES string of the molecule is C/C(=C\CCC=O)c1ccccc1. The summed E-state index contributed by atoms with van der Waals surface area (Å²) in [4.78, 5) is 10.1. The number of hydrogen-bond donors (Lipinski definition) is 0. The van der Waals surface area contributed by atoms with Crippen molar-refractivity contribution in [3.8, 4) is 0 Å². The maximum atomic E-state index is 10.1. The Balaban J connectivity index is 2.62.